The van der Waals surface area contributed by atoms with Crippen LogP contribution in [0.25, 0.3) is 0 Å². The maximum atomic E-state index is 12.1. The number of para-hydroxylation sites is 2. The van der Waals surface area contributed by atoms with Crippen molar-refractivity contribution in [1.82, 2.24) is 0 Å². The number of benzene rings is 4. The lowest BCUT2D eigenvalue weighted by Gasteiger charge is -2.08. The zero-order chi connectivity index (χ0) is 28.5. The molecule has 0 saturated heterocycles. The van der Waals surface area contributed by atoms with E-state index in [2.05, 4.69) is 48.8 Å². The molecule has 0 unspecified atom stereocenters. The first-order chi connectivity index (χ1) is 18.7. The third kappa shape index (κ3) is 13.1. The highest BCUT2D eigenvalue weighted by Gasteiger charge is 2.07. The molecule has 0 aliphatic carbocycles. The molecular weight excluding hydrogens is 528 g/mol. The molecule has 0 heterocycles. The van der Waals surface area contributed by atoms with Gasteiger partial charge in [-0.1, -0.05) is 90.5 Å². The maximum absolute atomic E-state index is 12.1. The molecule has 4 aromatic carbocycles. The zero-order valence-corrected chi connectivity index (χ0v) is 23.2. The number of aryl methyl sites for hydroxylation is 1. The van der Waals surface area contributed by atoms with Crippen molar-refractivity contribution in [3.8, 4) is 0 Å². The van der Waals surface area contributed by atoms with Crippen molar-refractivity contribution in [2.75, 3.05) is 11.1 Å². The van der Waals surface area contributed by atoms with Crippen LogP contribution in [0.2, 0.25) is 0 Å². The van der Waals surface area contributed by atoms with Crippen molar-refractivity contribution in [3.63, 3.8) is 0 Å². The van der Waals surface area contributed by atoms with Crippen molar-refractivity contribution >= 4 is 52.1 Å². The molecule has 4 aromatic rings. The van der Waals surface area contributed by atoms with Crippen molar-refractivity contribution < 1.29 is 14.3 Å². The molecule has 0 atom stereocenters. The SMILES string of the molecule is Cc1ccccc1.NC(=S)OCc1ccc(C(=O)Nc2ccccc2N)cc1.NC(=S)OCc1ccccc1. The van der Waals surface area contributed by atoms with E-state index in [9.17, 15) is 4.79 Å². The number of carbonyl (C=O) groups excluding carboxylic acids is 1. The fourth-order valence-corrected chi connectivity index (χ4v) is 3.09. The highest BCUT2D eigenvalue weighted by molar-refractivity contribution is 7.80. The molecule has 0 bridgehead atoms. The number of anilines is 2. The smallest absolute Gasteiger partial charge is 0.255 e. The van der Waals surface area contributed by atoms with E-state index in [4.69, 9.17) is 26.7 Å². The Balaban J connectivity index is 0.000000245. The highest BCUT2D eigenvalue weighted by Crippen LogP contribution is 2.18. The van der Waals surface area contributed by atoms with Gasteiger partial charge in [-0.2, -0.15) is 0 Å². The number of rotatable bonds is 6. The lowest BCUT2D eigenvalue weighted by atomic mass is 10.1. The molecule has 7 nitrogen and oxygen atoms in total. The Labute approximate surface area is 239 Å². The second kappa shape index (κ2) is 17.1. The molecule has 9 heteroatoms. The summed E-state index contributed by atoms with van der Waals surface area (Å²) in [5.41, 5.74) is 21.1. The largest absolute Gasteiger partial charge is 0.466 e. The maximum Gasteiger partial charge on any atom is 0.255 e. The van der Waals surface area contributed by atoms with Crippen LogP contribution in [-0.4, -0.2) is 16.3 Å². The summed E-state index contributed by atoms with van der Waals surface area (Å²) in [6.45, 7) is 2.82. The molecule has 0 spiro atoms. The third-order valence-corrected chi connectivity index (χ3v) is 5.21. The predicted octanol–water partition coefficient (Wildman–Crippen LogP) is 5.72. The van der Waals surface area contributed by atoms with Crippen LogP contribution >= 0.6 is 24.4 Å². The van der Waals surface area contributed by atoms with Crippen molar-refractivity contribution in [2.24, 2.45) is 11.5 Å². The number of carbonyl (C=O) groups is 1. The Kier molecular flexibility index (Phi) is 13.5. The summed E-state index contributed by atoms with van der Waals surface area (Å²) in [5, 5.41) is 2.85. The average molecular weight is 561 g/mol. The van der Waals surface area contributed by atoms with Crippen LogP contribution in [0, 0.1) is 6.92 Å². The van der Waals surface area contributed by atoms with Gasteiger partial charge in [-0.15, -0.1) is 0 Å². The first-order valence-electron chi connectivity index (χ1n) is 11.9. The summed E-state index contributed by atoms with van der Waals surface area (Å²) in [7, 11) is 0. The molecule has 0 radical (unpaired) electrons. The molecule has 39 heavy (non-hydrogen) atoms. The minimum Gasteiger partial charge on any atom is -0.466 e. The molecule has 0 fully saturated rings. The molecule has 0 aromatic heterocycles. The van der Waals surface area contributed by atoms with Gasteiger partial charge >= 0.3 is 0 Å². The number of hydrogen-bond acceptors (Lipinski definition) is 6. The van der Waals surface area contributed by atoms with Gasteiger partial charge in [0.1, 0.15) is 13.2 Å². The Morgan fingerprint density at radius 3 is 1.62 bits per heavy atom. The monoisotopic (exact) mass is 560 g/mol. The van der Waals surface area contributed by atoms with Crippen LogP contribution < -0.4 is 22.5 Å². The van der Waals surface area contributed by atoms with E-state index in [1.54, 1.807) is 36.4 Å². The normalized spacial score (nSPS) is 9.46. The van der Waals surface area contributed by atoms with E-state index < -0.39 is 0 Å². The van der Waals surface area contributed by atoms with E-state index >= 15 is 0 Å². The van der Waals surface area contributed by atoms with E-state index in [1.807, 2.05) is 60.7 Å². The molecule has 0 aliphatic rings. The first kappa shape index (κ1) is 30.8. The summed E-state index contributed by atoms with van der Waals surface area (Å²) in [4.78, 5) is 12.1. The molecule has 7 N–H and O–H groups in total. The number of ether oxygens (including phenoxy) is 2. The Hall–Kier alpha value is -4.47. The van der Waals surface area contributed by atoms with Gasteiger partial charge in [0.2, 0.25) is 0 Å². The second-order valence-electron chi connectivity index (χ2n) is 8.09. The Bertz CT molecular complexity index is 1320. The summed E-state index contributed by atoms with van der Waals surface area (Å²) >= 11 is 9.18. The number of nitrogen functional groups attached to an aromatic ring is 1. The lowest BCUT2D eigenvalue weighted by molar-refractivity contribution is 0.102. The quantitative estimate of drug-likeness (QED) is 0.174. The Morgan fingerprint density at radius 2 is 1.15 bits per heavy atom. The number of amides is 1. The molecule has 202 valence electrons. The fourth-order valence-electron chi connectivity index (χ4n) is 2.98. The van der Waals surface area contributed by atoms with Gasteiger partial charge < -0.3 is 32.0 Å². The van der Waals surface area contributed by atoms with Gasteiger partial charge in [0.15, 0.2) is 0 Å². The summed E-state index contributed by atoms with van der Waals surface area (Å²) in [6.07, 6.45) is 0. The minimum atomic E-state index is -0.227. The summed E-state index contributed by atoms with van der Waals surface area (Å²) in [5.74, 6) is -0.227. The standard InChI is InChI=1S/C15H15N3O2S.C8H9NOS.C7H8/c16-12-3-1-2-4-13(12)18-14(19)11-7-5-10(6-8-11)9-20-15(17)21;9-8(11)10-6-7-4-2-1-3-5-7;1-7-5-3-2-4-6-7/h1-8H,9,16H2,(H2,17,21)(H,18,19);1-5H,6H2,(H2,9,11);2-6H,1H3. The van der Waals surface area contributed by atoms with Crippen LogP contribution in [0.1, 0.15) is 27.0 Å². The van der Waals surface area contributed by atoms with E-state index in [0.29, 0.717) is 23.5 Å². The van der Waals surface area contributed by atoms with Crippen LogP contribution in [0.15, 0.2) is 109 Å². The average Bonchev–Trinajstić information content (AvgIpc) is 2.94. The van der Waals surface area contributed by atoms with Gasteiger partial charge in [0, 0.05) is 5.56 Å². The van der Waals surface area contributed by atoms with Gasteiger partial charge in [-0.05, 0) is 66.8 Å². The number of nitrogens with one attached hydrogen (secondary N) is 1. The van der Waals surface area contributed by atoms with Gasteiger partial charge in [-0.25, -0.2) is 0 Å². The number of hydrogen-bond donors (Lipinski definition) is 4. The Morgan fingerprint density at radius 1 is 0.692 bits per heavy atom. The van der Waals surface area contributed by atoms with E-state index in [1.165, 1.54) is 5.56 Å². The molecular formula is C30H32N4O3S2. The number of nitrogens with two attached hydrogens (primary N) is 3. The number of thiocarbonyl (C=S) groups is 2. The van der Waals surface area contributed by atoms with Crippen molar-refractivity contribution in [1.29, 1.82) is 0 Å². The molecule has 4 rings (SSSR count). The van der Waals surface area contributed by atoms with Crippen LogP contribution in [0.4, 0.5) is 11.4 Å². The summed E-state index contributed by atoms with van der Waals surface area (Å²) < 4.78 is 9.97. The van der Waals surface area contributed by atoms with E-state index in [-0.39, 0.29) is 22.9 Å². The highest BCUT2D eigenvalue weighted by atomic mass is 32.1. The summed E-state index contributed by atoms with van der Waals surface area (Å²) in [6, 6.07) is 34.1. The topological polar surface area (TPSA) is 126 Å². The van der Waals surface area contributed by atoms with Crippen LogP contribution in [0.5, 0.6) is 0 Å². The van der Waals surface area contributed by atoms with Gasteiger partial charge in [-0.3, -0.25) is 4.79 Å². The van der Waals surface area contributed by atoms with Crippen LogP contribution in [0.3, 0.4) is 0 Å². The third-order valence-electron chi connectivity index (χ3n) is 4.97. The minimum absolute atomic E-state index is 0.00336. The second-order valence-corrected chi connectivity index (χ2v) is 8.90. The first-order valence-corrected chi connectivity index (χ1v) is 12.7. The van der Waals surface area contributed by atoms with Gasteiger partial charge in [0.05, 0.1) is 11.4 Å². The van der Waals surface area contributed by atoms with Crippen LogP contribution in [-0.2, 0) is 22.7 Å². The predicted molar refractivity (Wildman–Crippen MR) is 166 cm³/mol. The molecule has 1 amide bonds. The molecule has 0 aliphatic heterocycles. The van der Waals surface area contributed by atoms with Crippen molar-refractivity contribution in [2.45, 2.75) is 20.1 Å². The fraction of sp³-hybridized carbons (Fsp3) is 0.100. The van der Waals surface area contributed by atoms with Crippen molar-refractivity contribution in [3.05, 3.63) is 131 Å². The molecule has 0 saturated carbocycles. The van der Waals surface area contributed by atoms with Gasteiger partial charge in [0.25, 0.3) is 16.3 Å². The zero-order valence-electron chi connectivity index (χ0n) is 21.6. The van der Waals surface area contributed by atoms with E-state index in [0.717, 1.165) is 11.1 Å². The lowest BCUT2D eigenvalue weighted by Crippen LogP contribution is -2.14.